The van der Waals surface area contributed by atoms with Gasteiger partial charge < -0.3 is 16.2 Å². The number of nitrogen functional groups attached to an aromatic ring is 2. The van der Waals surface area contributed by atoms with E-state index in [0.29, 0.717) is 26.6 Å². The van der Waals surface area contributed by atoms with Crippen LogP contribution in [-0.4, -0.2) is 12.1 Å². The zero-order chi connectivity index (χ0) is 11.7. The zero-order valence-electron chi connectivity index (χ0n) is 8.53. The summed E-state index contributed by atoms with van der Waals surface area (Å²) in [5.74, 6) is 0.668. The molecule has 0 amide bonds. The number of aromatic nitrogens is 1. The van der Waals surface area contributed by atoms with Crippen molar-refractivity contribution in [3.8, 4) is 17.0 Å². The third-order valence-electron chi connectivity index (χ3n) is 2.09. The van der Waals surface area contributed by atoms with Crippen molar-refractivity contribution in [2.24, 2.45) is 0 Å². The van der Waals surface area contributed by atoms with Gasteiger partial charge in [-0.2, -0.15) is 0 Å². The Morgan fingerprint density at radius 3 is 2.69 bits per heavy atom. The van der Waals surface area contributed by atoms with E-state index in [1.54, 1.807) is 25.3 Å². The van der Waals surface area contributed by atoms with Gasteiger partial charge in [-0.05, 0) is 18.2 Å². The number of nitrogens with zero attached hydrogens (tertiary/aromatic N) is 1. The zero-order valence-corrected chi connectivity index (χ0v) is 10.1. The van der Waals surface area contributed by atoms with E-state index >= 15 is 0 Å². The first kappa shape index (κ1) is 11.0. The van der Waals surface area contributed by atoms with Crippen molar-refractivity contribution in [1.29, 1.82) is 0 Å². The van der Waals surface area contributed by atoms with Crippen LogP contribution in [0.2, 0.25) is 5.02 Å². The molecule has 84 valence electrons. The highest BCUT2D eigenvalue weighted by Gasteiger charge is 2.14. The second-order valence-electron chi connectivity index (χ2n) is 3.11. The van der Waals surface area contributed by atoms with Crippen LogP contribution in [0.25, 0.3) is 11.3 Å². The van der Waals surface area contributed by atoms with E-state index in [0.717, 1.165) is 5.56 Å². The molecule has 1 heterocycles. The number of benzene rings is 1. The number of thiazole rings is 1. The first-order chi connectivity index (χ1) is 7.61. The molecular weight excluding hydrogens is 246 g/mol. The van der Waals surface area contributed by atoms with Crippen molar-refractivity contribution >= 4 is 33.1 Å². The number of nitrogens with two attached hydrogens (primary N) is 2. The summed E-state index contributed by atoms with van der Waals surface area (Å²) in [6, 6.07) is 5.27. The van der Waals surface area contributed by atoms with E-state index in [4.69, 9.17) is 27.8 Å². The summed E-state index contributed by atoms with van der Waals surface area (Å²) in [6.07, 6.45) is 0. The van der Waals surface area contributed by atoms with Crippen molar-refractivity contribution in [2.45, 2.75) is 0 Å². The van der Waals surface area contributed by atoms with Crippen LogP contribution in [0.5, 0.6) is 5.75 Å². The number of methoxy groups -OCH3 is 1. The standard InChI is InChI=1S/C10H10ClN3OS/c1-15-7-3-2-5(11)4-6(7)8-9(12)16-10(13)14-8/h2-4H,12H2,1H3,(H2,13,14). The molecule has 0 saturated carbocycles. The van der Waals surface area contributed by atoms with Gasteiger partial charge in [-0.25, -0.2) is 4.98 Å². The summed E-state index contributed by atoms with van der Waals surface area (Å²) in [5.41, 5.74) is 12.8. The van der Waals surface area contributed by atoms with E-state index in [2.05, 4.69) is 4.98 Å². The maximum absolute atomic E-state index is 5.93. The van der Waals surface area contributed by atoms with Gasteiger partial charge in [0, 0.05) is 10.6 Å². The molecule has 0 atom stereocenters. The lowest BCUT2D eigenvalue weighted by Crippen LogP contribution is -1.91. The summed E-state index contributed by atoms with van der Waals surface area (Å²) in [6.45, 7) is 0. The van der Waals surface area contributed by atoms with Crippen molar-refractivity contribution in [2.75, 3.05) is 18.6 Å². The number of halogens is 1. The Hall–Kier alpha value is -1.46. The largest absolute Gasteiger partial charge is 0.496 e. The van der Waals surface area contributed by atoms with Crippen LogP contribution in [0.4, 0.5) is 10.1 Å². The second kappa shape index (κ2) is 4.19. The topological polar surface area (TPSA) is 74.2 Å². The summed E-state index contributed by atoms with van der Waals surface area (Å²) < 4.78 is 5.23. The van der Waals surface area contributed by atoms with E-state index in [9.17, 15) is 0 Å². The fourth-order valence-electron chi connectivity index (χ4n) is 1.41. The third kappa shape index (κ3) is 1.91. The lowest BCUT2D eigenvalue weighted by Gasteiger charge is -2.07. The molecule has 2 aromatic rings. The van der Waals surface area contributed by atoms with Crippen LogP contribution >= 0.6 is 22.9 Å². The van der Waals surface area contributed by atoms with Gasteiger partial charge in [-0.15, -0.1) is 0 Å². The van der Waals surface area contributed by atoms with Crippen molar-refractivity contribution in [3.63, 3.8) is 0 Å². The number of anilines is 2. The van der Waals surface area contributed by atoms with Crippen LogP contribution < -0.4 is 16.2 Å². The van der Waals surface area contributed by atoms with Crippen LogP contribution in [0.3, 0.4) is 0 Å². The molecule has 1 aromatic carbocycles. The molecule has 0 aliphatic heterocycles. The molecule has 6 heteroatoms. The Morgan fingerprint density at radius 1 is 1.38 bits per heavy atom. The molecule has 0 spiro atoms. The van der Waals surface area contributed by atoms with Gasteiger partial charge in [-0.3, -0.25) is 0 Å². The van der Waals surface area contributed by atoms with Gasteiger partial charge in [0.15, 0.2) is 5.13 Å². The third-order valence-corrected chi connectivity index (χ3v) is 3.04. The fraction of sp³-hybridized carbons (Fsp3) is 0.100. The SMILES string of the molecule is COc1ccc(Cl)cc1-c1nc(N)sc1N. The minimum absolute atomic E-state index is 0.425. The average Bonchev–Trinajstić information content (AvgIpc) is 2.57. The molecule has 4 N–H and O–H groups in total. The van der Waals surface area contributed by atoms with E-state index < -0.39 is 0 Å². The average molecular weight is 256 g/mol. The number of hydrogen-bond donors (Lipinski definition) is 2. The highest BCUT2D eigenvalue weighted by atomic mass is 35.5. The molecular formula is C10H10ClN3OS. The number of hydrogen-bond acceptors (Lipinski definition) is 5. The number of rotatable bonds is 2. The lowest BCUT2D eigenvalue weighted by atomic mass is 10.1. The predicted octanol–water partition coefficient (Wildman–Crippen LogP) is 2.64. The Kier molecular flexibility index (Phi) is 2.89. The highest BCUT2D eigenvalue weighted by Crippen LogP contribution is 2.38. The van der Waals surface area contributed by atoms with E-state index in [1.165, 1.54) is 11.3 Å². The van der Waals surface area contributed by atoms with Gasteiger partial charge in [0.2, 0.25) is 0 Å². The minimum atomic E-state index is 0.425. The van der Waals surface area contributed by atoms with Gasteiger partial charge in [0.1, 0.15) is 16.4 Å². The normalized spacial score (nSPS) is 10.4. The Morgan fingerprint density at radius 2 is 2.12 bits per heavy atom. The van der Waals surface area contributed by atoms with Gasteiger partial charge in [0.05, 0.1) is 7.11 Å². The molecule has 1 aromatic heterocycles. The molecule has 0 aliphatic carbocycles. The smallest absolute Gasteiger partial charge is 0.182 e. The van der Waals surface area contributed by atoms with Crippen molar-refractivity contribution < 1.29 is 4.74 Å². The molecule has 0 fully saturated rings. The molecule has 0 radical (unpaired) electrons. The summed E-state index contributed by atoms with van der Waals surface area (Å²) in [5, 5.41) is 1.58. The predicted molar refractivity (Wildman–Crippen MR) is 67.9 cm³/mol. The van der Waals surface area contributed by atoms with Crippen molar-refractivity contribution in [1.82, 2.24) is 4.98 Å². The van der Waals surface area contributed by atoms with Crippen LogP contribution in [0.1, 0.15) is 0 Å². The minimum Gasteiger partial charge on any atom is -0.496 e. The Balaban J connectivity index is 2.62. The Labute approximate surface area is 102 Å². The summed E-state index contributed by atoms with van der Waals surface area (Å²) in [4.78, 5) is 4.16. The molecule has 0 unspecified atom stereocenters. The first-order valence-electron chi connectivity index (χ1n) is 4.47. The van der Waals surface area contributed by atoms with Crippen molar-refractivity contribution in [3.05, 3.63) is 23.2 Å². The maximum atomic E-state index is 5.93. The first-order valence-corrected chi connectivity index (χ1v) is 5.67. The maximum Gasteiger partial charge on any atom is 0.182 e. The molecule has 4 nitrogen and oxygen atoms in total. The highest BCUT2D eigenvalue weighted by molar-refractivity contribution is 7.19. The number of ether oxygens (including phenoxy) is 1. The molecule has 0 bridgehead atoms. The molecule has 0 saturated heterocycles. The van der Waals surface area contributed by atoms with Crippen LogP contribution in [0, 0.1) is 0 Å². The lowest BCUT2D eigenvalue weighted by molar-refractivity contribution is 0.416. The molecule has 2 rings (SSSR count). The van der Waals surface area contributed by atoms with E-state index in [1.807, 2.05) is 0 Å². The summed E-state index contributed by atoms with van der Waals surface area (Å²) in [7, 11) is 1.58. The van der Waals surface area contributed by atoms with Gasteiger partial charge >= 0.3 is 0 Å². The van der Waals surface area contributed by atoms with Crippen LogP contribution in [0.15, 0.2) is 18.2 Å². The quantitative estimate of drug-likeness (QED) is 0.865. The molecule has 16 heavy (non-hydrogen) atoms. The van der Waals surface area contributed by atoms with Gasteiger partial charge in [-0.1, -0.05) is 22.9 Å². The second-order valence-corrected chi connectivity index (χ2v) is 4.61. The monoisotopic (exact) mass is 255 g/mol. The van der Waals surface area contributed by atoms with Crippen LogP contribution in [-0.2, 0) is 0 Å². The molecule has 0 aliphatic rings. The van der Waals surface area contributed by atoms with Gasteiger partial charge in [0.25, 0.3) is 0 Å². The fourth-order valence-corrected chi connectivity index (χ4v) is 2.19. The van der Waals surface area contributed by atoms with E-state index in [-0.39, 0.29) is 0 Å². The Bertz CT molecular complexity index is 527. The summed E-state index contributed by atoms with van der Waals surface area (Å²) >= 11 is 7.17.